The van der Waals surface area contributed by atoms with Crippen molar-refractivity contribution in [2.75, 3.05) is 6.54 Å². The Bertz CT molecular complexity index is 1070. The quantitative estimate of drug-likeness (QED) is 0.395. The molecule has 6 heteroatoms. The number of hydrogen-bond acceptors (Lipinski definition) is 4. The van der Waals surface area contributed by atoms with E-state index < -0.39 is 5.97 Å². The molecule has 1 heterocycles. The van der Waals surface area contributed by atoms with Gasteiger partial charge in [0.1, 0.15) is 11.5 Å². The summed E-state index contributed by atoms with van der Waals surface area (Å²) in [6.07, 6.45) is 5.93. The van der Waals surface area contributed by atoms with Crippen LogP contribution in [-0.2, 0) is 24.2 Å². The predicted octanol–water partition coefficient (Wildman–Crippen LogP) is 4.60. The molecule has 0 spiro atoms. The molecule has 0 saturated heterocycles. The summed E-state index contributed by atoms with van der Waals surface area (Å²) in [5.41, 5.74) is 3.79. The molecule has 0 fully saturated rings. The summed E-state index contributed by atoms with van der Waals surface area (Å²) < 4.78 is 0. The van der Waals surface area contributed by atoms with Crippen LogP contribution >= 0.6 is 0 Å². The van der Waals surface area contributed by atoms with Gasteiger partial charge in [-0.1, -0.05) is 48.1 Å². The van der Waals surface area contributed by atoms with Gasteiger partial charge in [0, 0.05) is 23.2 Å². The van der Waals surface area contributed by atoms with Crippen molar-refractivity contribution in [2.24, 2.45) is 0 Å². The average Bonchev–Trinajstić information content (AvgIpc) is 3.08. The third kappa shape index (κ3) is 5.38. The van der Waals surface area contributed by atoms with E-state index in [0.717, 1.165) is 17.6 Å². The first-order chi connectivity index (χ1) is 15.3. The average molecular weight is 436 g/mol. The number of carbonyl (C=O) groups excluding carboxylic acids is 1. The summed E-state index contributed by atoms with van der Waals surface area (Å²) in [4.78, 5) is 25.3. The van der Waals surface area contributed by atoms with Gasteiger partial charge < -0.3 is 20.2 Å². The van der Waals surface area contributed by atoms with Gasteiger partial charge >= 0.3 is 5.97 Å². The monoisotopic (exact) mass is 435 g/mol. The van der Waals surface area contributed by atoms with E-state index in [0.29, 0.717) is 54.6 Å². The molecule has 0 saturated carbocycles. The van der Waals surface area contributed by atoms with Gasteiger partial charge in [0.15, 0.2) is 0 Å². The van der Waals surface area contributed by atoms with Crippen LogP contribution in [0.3, 0.4) is 0 Å². The van der Waals surface area contributed by atoms with E-state index in [-0.39, 0.29) is 17.4 Å². The smallest absolute Gasteiger partial charge is 0.330 e. The van der Waals surface area contributed by atoms with Gasteiger partial charge in [-0.2, -0.15) is 0 Å². The number of aromatic hydroxyl groups is 2. The van der Waals surface area contributed by atoms with Crippen LogP contribution in [0, 0.1) is 0 Å². The van der Waals surface area contributed by atoms with E-state index >= 15 is 0 Å². The third-order valence-corrected chi connectivity index (χ3v) is 5.85. The molecule has 3 rings (SSSR count). The van der Waals surface area contributed by atoms with Crippen molar-refractivity contribution < 1.29 is 24.9 Å². The second kappa shape index (κ2) is 10.2. The summed E-state index contributed by atoms with van der Waals surface area (Å²) in [7, 11) is 0. The number of allylic oxidation sites excluding steroid dienone is 3. The number of carboxylic acids is 1. The van der Waals surface area contributed by atoms with Crippen molar-refractivity contribution in [1.29, 1.82) is 0 Å². The molecule has 2 aromatic carbocycles. The Balaban J connectivity index is 1.68. The van der Waals surface area contributed by atoms with Crippen LogP contribution in [0.1, 0.15) is 53.7 Å². The van der Waals surface area contributed by atoms with E-state index in [4.69, 9.17) is 5.11 Å². The molecular weight excluding hydrogens is 406 g/mol. The Morgan fingerprint density at radius 3 is 2.53 bits per heavy atom. The number of rotatable bonds is 9. The van der Waals surface area contributed by atoms with Crippen LogP contribution in [0.5, 0.6) is 11.5 Å². The lowest BCUT2D eigenvalue weighted by Crippen LogP contribution is -2.26. The molecule has 0 unspecified atom stereocenters. The second-order valence-corrected chi connectivity index (χ2v) is 8.20. The largest absolute Gasteiger partial charge is 0.507 e. The fourth-order valence-corrected chi connectivity index (χ4v) is 3.80. The number of carbonyl (C=O) groups is 2. The number of carboxylic acid groups (broad SMARTS) is 1. The Morgan fingerprint density at radius 1 is 1.12 bits per heavy atom. The lowest BCUT2D eigenvalue weighted by atomic mass is 9.99. The highest BCUT2D eigenvalue weighted by atomic mass is 16.4. The lowest BCUT2D eigenvalue weighted by molar-refractivity contribution is -0.132. The maximum atomic E-state index is 12.8. The first-order valence-electron chi connectivity index (χ1n) is 10.7. The van der Waals surface area contributed by atoms with Gasteiger partial charge in [-0.05, 0) is 51.2 Å². The third-order valence-electron chi connectivity index (χ3n) is 5.85. The van der Waals surface area contributed by atoms with E-state index in [1.54, 1.807) is 17.9 Å². The van der Waals surface area contributed by atoms with Gasteiger partial charge in [0.05, 0.1) is 12.1 Å². The summed E-state index contributed by atoms with van der Waals surface area (Å²) in [6, 6.07) is 11.4. The Labute approximate surface area is 188 Å². The minimum Gasteiger partial charge on any atom is -0.507 e. The molecule has 1 amide bonds. The van der Waals surface area contributed by atoms with Gasteiger partial charge in [-0.3, -0.25) is 4.79 Å². The van der Waals surface area contributed by atoms with Crippen molar-refractivity contribution in [2.45, 2.75) is 46.1 Å². The topological polar surface area (TPSA) is 98.1 Å². The lowest BCUT2D eigenvalue weighted by Gasteiger charge is -2.15. The SMILES string of the molecule is C/C(=C\Cc1c(O)cc2c(c1O)CN(CCc1ccccc1)C2=O)CC/C=C(\C)C(=O)O. The summed E-state index contributed by atoms with van der Waals surface area (Å²) >= 11 is 0. The first-order valence-corrected chi connectivity index (χ1v) is 10.7. The molecule has 0 aliphatic carbocycles. The molecule has 0 radical (unpaired) electrons. The van der Waals surface area contributed by atoms with E-state index in [1.165, 1.54) is 6.07 Å². The van der Waals surface area contributed by atoms with Crippen molar-refractivity contribution in [3.63, 3.8) is 0 Å². The Kier molecular flexibility index (Phi) is 7.36. The maximum absolute atomic E-state index is 12.8. The second-order valence-electron chi connectivity index (χ2n) is 8.20. The zero-order valence-electron chi connectivity index (χ0n) is 18.5. The molecule has 0 bridgehead atoms. The molecule has 6 nitrogen and oxygen atoms in total. The normalized spacial score (nSPS) is 14.1. The molecule has 0 atom stereocenters. The number of phenolic OH excluding ortho intramolecular Hbond substituents is 2. The number of benzene rings is 2. The molecular formula is C26H29NO5. The number of nitrogens with zero attached hydrogens (tertiary/aromatic N) is 1. The first kappa shape index (κ1) is 23.1. The van der Waals surface area contributed by atoms with Crippen LogP contribution < -0.4 is 0 Å². The molecule has 2 aromatic rings. The summed E-state index contributed by atoms with van der Waals surface area (Å²) in [5, 5.41) is 30.1. The number of aliphatic carboxylic acids is 1. The van der Waals surface area contributed by atoms with Gasteiger partial charge in [-0.25, -0.2) is 4.79 Å². The van der Waals surface area contributed by atoms with Gasteiger partial charge in [-0.15, -0.1) is 0 Å². The highest BCUT2D eigenvalue weighted by Gasteiger charge is 2.31. The van der Waals surface area contributed by atoms with Crippen LogP contribution in [0.25, 0.3) is 0 Å². The number of amides is 1. The van der Waals surface area contributed by atoms with Gasteiger partial charge in [0.2, 0.25) is 0 Å². The fourth-order valence-electron chi connectivity index (χ4n) is 3.80. The minimum atomic E-state index is -0.924. The van der Waals surface area contributed by atoms with Crippen LogP contribution in [-0.4, -0.2) is 38.6 Å². The fraction of sp³-hybridized carbons (Fsp3) is 0.308. The van der Waals surface area contributed by atoms with Crippen molar-refractivity contribution >= 4 is 11.9 Å². The highest BCUT2D eigenvalue weighted by molar-refractivity contribution is 6.00. The van der Waals surface area contributed by atoms with Crippen molar-refractivity contribution in [3.8, 4) is 11.5 Å². The van der Waals surface area contributed by atoms with Crippen molar-refractivity contribution in [3.05, 3.63) is 82.0 Å². The predicted molar refractivity (Wildman–Crippen MR) is 123 cm³/mol. The molecule has 0 aromatic heterocycles. The molecule has 168 valence electrons. The van der Waals surface area contributed by atoms with Crippen LogP contribution in [0.2, 0.25) is 0 Å². The maximum Gasteiger partial charge on any atom is 0.330 e. The number of fused-ring (bicyclic) bond motifs is 1. The van der Waals surface area contributed by atoms with E-state index in [9.17, 15) is 19.8 Å². The Hall–Kier alpha value is -3.54. The molecule has 1 aliphatic rings. The summed E-state index contributed by atoms with van der Waals surface area (Å²) in [6.45, 7) is 4.35. The number of hydrogen-bond donors (Lipinski definition) is 3. The van der Waals surface area contributed by atoms with Crippen LogP contribution in [0.15, 0.2) is 59.7 Å². The molecule has 1 aliphatic heterocycles. The van der Waals surface area contributed by atoms with E-state index in [1.807, 2.05) is 43.3 Å². The number of phenols is 2. The highest BCUT2D eigenvalue weighted by Crippen LogP contribution is 2.39. The minimum absolute atomic E-state index is 0.0266. The molecule has 3 N–H and O–H groups in total. The standard InChI is InChI=1S/C26H29NO5/c1-17(7-6-8-18(2)26(31)32)11-12-20-23(28)15-21-22(24(20)29)16-27(25(21)30)14-13-19-9-4-3-5-10-19/h3-5,8-11,15,28-29H,6-7,12-14,16H2,1-2H3,(H,31,32)/b17-11+,18-8+. The zero-order valence-corrected chi connectivity index (χ0v) is 18.5. The van der Waals surface area contributed by atoms with Crippen molar-refractivity contribution in [1.82, 2.24) is 4.90 Å². The molecule has 32 heavy (non-hydrogen) atoms. The van der Waals surface area contributed by atoms with Gasteiger partial charge in [0.25, 0.3) is 5.91 Å². The van der Waals surface area contributed by atoms with Crippen LogP contribution in [0.4, 0.5) is 0 Å². The summed E-state index contributed by atoms with van der Waals surface area (Å²) in [5.74, 6) is -1.22. The van der Waals surface area contributed by atoms with E-state index in [2.05, 4.69) is 0 Å². The Morgan fingerprint density at radius 2 is 1.84 bits per heavy atom. The zero-order chi connectivity index (χ0) is 23.3.